The van der Waals surface area contributed by atoms with Crippen molar-refractivity contribution >= 4 is 60.2 Å². The van der Waals surface area contributed by atoms with Crippen LogP contribution >= 0.6 is 0 Å². The Bertz CT molecular complexity index is 3770. The van der Waals surface area contributed by atoms with Crippen LogP contribution in [0.5, 0.6) is 0 Å². The minimum atomic E-state index is -0.467. The highest BCUT2D eigenvalue weighted by molar-refractivity contribution is 6.10. The molecule has 0 saturated heterocycles. The molecule has 1 aliphatic carbocycles. The molecule has 0 radical (unpaired) electrons. The molecule has 308 valence electrons. The molecule has 0 atom stereocenters. The van der Waals surface area contributed by atoms with E-state index >= 15 is 0 Å². The second-order valence-electron chi connectivity index (χ2n) is 17.6. The third-order valence-corrected chi connectivity index (χ3v) is 14.1. The SMILES string of the molecule is c1ccc(C2(c3ccccc3)c3ccccc3-c3cc(N(c4ccc(-c5ccc6ccc7ccccc7c6c5)cc4)c4cccc(-c5ccc6ccc7ccccc7c6c5)c4)ccc32)cc1. The van der Waals surface area contributed by atoms with Crippen molar-refractivity contribution in [1.29, 1.82) is 0 Å². The third-order valence-electron chi connectivity index (χ3n) is 14.1. The van der Waals surface area contributed by atoms with Crippen LogP contribution in [-0.4, -0.2) is 0 Å². The van der Waals surface area contributed by atoms with E-state index in [0.29, 0.717) is 0 Å². The summed E-state index contributed by atoms with van der Waals surface area (Å²) in [7, 11) is 0. The lowest BCUT2D eigenvalue weighted by Crippen LogP contribution is -2.28. The molecular weight excluding hydrogens is 795 g/mol. The number of anilines is 3. The van der Waals surface area contributed by atoms with Crippen molar-refractivity contribution < 1.29 is 0 Å². The Morgan fingerprint density at radius 2 is 0.697 bits per heavy atom. The van der Waals surface area contributed by atoms with Crippen molar-refractivity contribution in [2.24, 2.45) is 0 Å². The summed E-state index contributed by atoms with van der Waals surface area (Å²) >= 11 is 0. The molecule has 0 fully saturated rings. The lowest BCUT2D eigenvalue weighted by Gasteiger charge is -2.34. The van der Waals surface area contributed by atoms with Crippen LogP contribution in [0.15, 0.2) is 261 Å². The summed E-state index contributed by atoms with van der Waals surface area (Å²) in [6.45, 7) is 0. The summed E-state index contributed by atoms with van der Waals surface area (Å²) in [6, 6.07) is 96.5. The lowest BCUT2D eigenvalue weighted by atomic mass is 9.68. The summed E-state index contributed by atoms with van der Waals surface area (Å²) in [5.74, 6) is 0. The molecule has 13 rings (SSSR count). The van der Waals surface area contributed by atoms with Gasteiger partial charge in [-0.15, -0.1) is 0 Å². The fraction of sp³-hybridized carbons (Fsp3) is 0.0154. The maximum Gasteiger partial charge on any atom is 0.0713 e. The van der Waals surface area contributed by atoms with E-state index in [2.05, 4.69) is 266 Å². The van der Waals surface area contributed by atoms with Gasteiger partial charge in [0.1, 0.15) is 0 Å². The quantitative estimate of drug-likeness (QED) is 0.145. The molecule has 0 N–H and O–H groups in total. The highest BCUT2D eigenvalue weighted by Gasteiger charge is 2.46. The van der Waals surface area contributed by atoms with Gasteiger partial charge < -0.3 is 4.90 Å². The zero-order valence-electron chi connectivity index (χ0n) is 36.3. The lowest BCUT2D eigenvalue weighted by molar-refractivity contribution is 0.768. The largest absolute Gasteiger partial charge is 0.310 e. The van der Waals surface area contributed by atoms with E-state index in [1.807, 2.05) is 0 Å². The van der Waals surface area contributed by atoms with Crippen LogP contribution in [0.4, 0.5) is 17.1 Å². The van der Waals surface area contributed by atoms with Crippen molar-refractivity contribution in [3.8, 4) is 33.4 Å². The van der Waals surface area contributed by atoms with Gasteiger partial charge in [0.05, 0.1) is 5.41 Å². The zero-order chi connectivity index (χ0) is 43.6. The van der Waals surface area contributed by atoms with Crippen LogP contribution in [-0.2, 0) is 5.41 Å². The van der Waals surface area contributed by atoms with Gasteiger partial charge in [0, 0.05) is 17.1 Å². The van der Waals surface area contributed by atoms with Crippen LogP contribution in [0, 0.1) is 0 Å². The first kappa shape index (κ1) is 38.0. The predicted molar refractivity (Wildman–Crippen MR) is 279 cm³/mol. The third kappa shape index (κ3) is 6.01. The molecule has 0 heterocycles. The minimum Gasteiger partial charge on any atom is -0.310 e. The van der Waals surface area contributed by atoms with Gasteiger partial charge in [-0.1, -0.05) is 212 Å². The Morgan fingerprint density at radius 1 is 0.242 bits per heavy atom. The van der Waals surface area contributed by atoms with Gasteiger partial charge in [-0.2, -0.15) is 0 Å². The summed E-state index contributed by atoms with van der Waals surface area (Å²) in [6.07, 6.45) is 0. The van der Waals surface area contributed by atoms with Crippen molar-refractivity contribution in [2.45, 2.75) is 5.41 Å². The first-order valence-electron chi connectivity index (χ1n) is 22.9. The summed E-state index contributed by atoms with van der Waals surface area (Å²) in [5, 5.41) is 10.1. The van der Waals surface area contributed by atoms with E-state index < -0.39 is 5.41 Å². The molecule has 0 spiro atoms. The van der Waals surface area contributed by atoms with Gasteiger partial charge in [-0.3, -0.25) is 0 Å². The van der Waals surface area contributed by atoms with Gasteiger partial charge in [-0.25, -0.2) is 0 Å². The van der Waals surface area contributed by atoms with Crippen molar-refractivity contribution in [2.75, 3.05) is 4.90 Å². The first-order chi connectivity index (χ1) is 32.7. The fourth-order valence-corrected chi connectivity index (χ4v) is 11.0. The highest BCUT2D eigenvalue weighted by Crippen LogP contribution is 2.57. The second kappa shape index (κ2) is 15.3. The summed E-state index contributed by atoms with van der Waals surface area (Å²) in [5.41, 5.74) is 15.2. The molecule has 12 aromatic carbocycles. The number of rotatable bonds is 7. The molecule has 0 bridgehead atoms. The predicted octanol–water partition coefficient (Wildman–Crippen LogP) is 17.5. The smallest absolute Gasteiger partial charge is 0.0713 e. The molecule has 0 aromatic heterocycles. The summed E-state index contributed by atoms with van der Waals surface area (Å²) in [4.78, 5) is 2.44. The molecule has 0 amide bonds. The van der Waals surface area contributed by atoms with Crippen LogP contribution in [0.2, 0.25) is 0 Å². The van der Waals surface area contributed by atoms with Crippen molar-refractivity contribution in [1.82, 2.24) is 0 Å². The molecule has 12 aromatic rings. The standard InChI is InChI=1S/C65H43N/c1-3-17-52(18-4-1)65(53-19-5-2-6-20-53)63-25-12-11-24-59(63)62-43-56(38-39-64(62)65)66(54-36-34-44(35-37-54)50-32-30-47-28-26-45-14-7-9-22-57(45)60(47)41-50)55-21-13-16-49(40-55)51-33-31-48-29-27-46-15-8-10-23-58(46)61(48)42-51/h1-43H. The van der Waals surface area contributed by atoms with E-state index in [1.54, 1.807) is 0 Å². The molecule has 0 unspecified atom stereocenters. The molecular formula is C65H43N. The first-order valence-corrected chi connectivity index (χ1v) is 22.9. The number of hydrogen-bond acceptors (Lipinski definition) is 1. The van der Waals surface area contributed by atoms with Crippen LogP contribution < -0.4 is 4.90 Å². The molecule has 0 aliphatic heterocycles. The minimum absolute atomic E-state index is 0.467. The van der Waals surface area contributed by atoms with E-state index in [0.717, 1.165) is 17.1 Å². The maximum absolute atomic E-state index is 2.44. The highest BCUT2D eigenvalue weighted by atomic mass is 15.1. The Labute approximate surface area is 385 Å². The van der Waals surface area contributed by atoms with Crippen LogP contribution in [0.1, 0.15) is 22.3 Å². The normalized spacial score (nSPS) is 12.7. The fourth-order valence-electron chi connectivity index (χ4n) is 11.0. The Kier molecular flexibility index (Phi) is 8.82. The monoisotopic (exact) mass is 837 g/mol. The maximum atomic E-state index is 2.44. The van der Waals surface area contributed by atoms with Gasteiger partial charge >= 0.3 is 0 Å². The van der Waals surface area contributed by atoms with Gasteiger partial charge in [0.2, 0.25) is 0 Å². The zero-order valence-corrected chi connectivity index (χ0v) is 36.3. The van der Waals surface area contributed by atoms with Gasteiger partial charge in [0.15, 0.2) is 0 Å². The van der Waals surface area contributed by atoms with E-state index in [9.17, 15) is 0 Å². The van der Waals surface area contributed by atoms with Gasteiger partial charge in [0.25, 0.3) is 0 Å². The number of nitrogens with zero attached hydrogens (tertiary/aromatic N) is 1. The number of hydrogen-bond donors (Lipinski definition) is 0. The molecule has 66 heavy (non-hydrogen) atoms. The molecule has 1 heteroatoms. The van der Waals surface area contributed by atoms with Crippen molar-refractivity contribution in [3.63, 3.8) is 0 Å². The van der Waals surface area contributed by atoms with E-state index in [1.165, 1.54) is 98.7 Å². The summed E-state index contributed by atoms with van der Waals surface area (Å²) < 4.78 is 0. The molecule has 1 nitrogen and oxygen atoms in total. The number of benzene rings is 12. The Hall–Kier alpha value is -8.52. The van der Waals surface area contributed by atoms with E-state index in [-0.39, 0.29) is 0 Å². The topological polar surface area (TPSA) is 3.24 Å². The average Bonchev–Trinajstić information content (AvgIpc) is 3.69. The van der Waals surface area contributed by atoms with E-state index in [4.69, 9.17) is 0 Å². The van der Waals surface area contributed by atoms with Gasteiger partial charge in [-0.05, 0) is 147 Å². The Balaban J connectivity index is 0.986. The van der Waals surface area contributed by atoms with Crippen LogP contribution in [0.3, 0.4) is 0 Å². The van der Waals surface area contributed by atoms with Crippen molar-refractivity contribution in [3.05, 3.63) is 283 Å². The van der Waals surface area contributed by atoms with Crippen LogP contribution in [0.25, 0.3) is 76.5 Å². The molecule has 1 aliphatic rings. The second-order valence-corrected chi connectivity index (χ2v) is 17.6. The molecule has 0 saturated carbocycles. The average molecular weight is 838 g/mol. The Morgan fingerprint density at radius 3 is 1.33 bits per heavy atom. The number of fused-ring (bicyclic) bond motifs is 9.